The Morgan fingerprint density at radius 1 is 0.368 bits per heavy atom. The third kappa shape index (κ3) is 4.30. The van der Waals surface area contributed by atoms with Crippen molar-refractivity contribution in [1.29, 1.82) is 0 Å². The molecule has 0 fully saturated rings. The maximum atomic E-state index is 5.45. The summed E-state index contributed by atoms with van der Waals surface area (Å²) in [5.41, 5.74) is 12.1. The molecule has 264 valence electrons. The molecule has 5 aromatic heterocycles. The van der Waals surface area contributed by atoms with Crippen LogP contribution in [0.5, 0.6) is 0 Å². The van der Waals surface area contributed by atoms with E-state index in [1.54, 1.807) is 0 Å². The first kappa shape index (κ1) is 30.9. The Balaban J connectivity index is 1.16. The van der Waals surface area contributed by atoms with Crippen LogP contribution >= 0.6 is 11.3 Å². The molecule has 0 bridgehead atoms. The van der Waals surface area contributed by atoms with Crippen LogP contribution in [0.3, 0.4) is 0 Å². The lowest BCUT2D eigenvalue weighted by atomic mass is 9.94. The highest BCUT2D eigenvalue weighted by atomic mass is 32.1. The largest absolute Gasteiger partial charge is 0.308 e. The van der Waals surface area contributed by atoms with Crippen LogP contribution in [0.25, 0.3) is 120 Å². The number of benzene rings is 8. The second-order valence-corrected chi connectivity index (χ2v) is 15.9. The van der Waals surface area contributed by atoms with Crippen LogP contribution in [0.1, 0.15) is 0 Å². The summed E-state index contributed by atoms with van der Waals surface area (Å²) < 4.78 is 7.35. The number of rotatable bonds is 5. The Hall–Kier alpha value is -7.41. The van der Waals surface area contributed by atoms with Gasteiger partial charge in [0.25, 0.3) is 0 Å². The van der Waals surface area contributed by atoms with Gasteiger partial charge in [0.15, 0.2) is 11.6 Å². The zero-order chi connectivity index (χ0) is 37.2. The molecule has 0 N–H and O–H groups in total. The molecule has 0 unspecified atom stereocenters. The number of thiophene rings is 1. The average molecular weight is 744 g/mol. The lowest BCUT2D eigenvalue weighted by Crippen LogP contribution is -2.07. The lowest BCUT2D eigenvalue weighted by molar-refractivity contribution is 0.954. The van der Waals surface area contributed by atoms with Gasteiger partial charge in [-0.25, -0.2) is 4.98 Å². The van der Waals surface area contributed by atoms with Crippen molar-refractivity contribution < 1.29 is 0 Å². The number of hydrogen-bond acceptors (Lipinski definition) is 4. The molecule has 0 spiro atoms. The summed E-state index contributed by atoms with van der Waals surface area (Å²) in [7, 11) is 0. The topological polar surface area (TPSA) is 48.0 Å². The van der Waals surface area contributed by atoms with Gasteiger partial charge in [-0.3, -0.25) is 4.57 Å². The van der Waals surface area contributed by atoms with Crippen LogP contribution in [-0.4, -0.2) is 23.9 Å². The van der Waals surface area contributed by atoms with E-state index >= 15 is 0 Å². The number of aromatic nitrogens is 5. The van der Waals surface area contributed by atoms with Gasteiger partial charge in [-0.05, 0) is 70.8 Å². The van der Waals surface area contributed by atoms with Crippen molar-refractivity contribution in [3.05, 3.63) is 176 Å². The van der Waals surface area contributed by atoms with Gasteiger partial charge < -0.3 is 4.40 Å². The summed E-state index contributed by atoms with van der Waals surface area (Å²) in [5, 5.41) is 7.62. The normalized spacial score (nSPS) is 12.2. The summed E-state index contributed by atoms with van der Waals surface area (Å²) in [4.78, 5) is 16.0. The standard InChI is InChI=1S/C51H29N5S/c1-4-13-30(14-5-1)33-23-24-36(37(29-33)31-15-6-2-7-16-31)50-52-49(32-17-8-3-9-18-32)53-51(54-50)56-40-22-12-21-39-44(40)45-41(56)26-28-42-46(45)47-43(57-42)27-25-35-34-19-10-11-20-38(34)55(39)48(35)47/h1-29H. The van der Waals surface area contributed by atoms with Crippen LogP contribution in [-0.2, 0) is 0 Å². The Labute approximate surface area is 330 Å². The van der Waals surface area contributed by atoms with Gasteiger partial charge in [-0.2, -0.15) is 9.97 Å². The van der Waals surface area contributed by atoms with E-state index in [-0.39, 0.29) is 0 Å². The number of para-hydroxylation sites is 1. The highest BCUT2D eigenvalue weighted by molar-refractivity contribution is 7.26. The predicted molar refractivity (Wildman–Crippen MR) is 237 cm³/mol. The number of hydrogen-bond donors (Lipinski definition) is 0. The molecule has 0 saturated heterocycles. The Bertz CT molecular complexity index is 3680. The van der Waals surface area contributed by atoms with E-state index in [1.165, 1.54) is 58.3 Å². The molecule has 5 heterocycles. The third-order valence-electron chi connectivity index (χ3n) is 11.7. The Kier molecular flexibility index (Phi) is 6.26. The summed E-state index contributed by atoms with van der Waals surface area (Å²) in [6.07, 6.45) is 0. The molecule has 0 amide bonds. The quantitative estimate of drug-likeness (QED) is 0.176. The van der Waals surface area contributed by atoms with Crippen molar-refractivity contribution in [2.45, 2.75) is 0 Å². The first-order chi connectivity index (χ1) is 28.3. The van der Waals surface area contributed by atoms with Crippen LogP contribution in [0.2, 0.25) is 0 Å². The van der Waals surface area contributed by atoms with E-state index in [2.05, 4.69) is 167 Å². The molecule has 8 aromatic carbocycles. The second kappa shape index (κ2) is 11.6. The van der Waals surface area contributed by atoms with Crippen molar-refractivity contribution in [3.8, 4) is 51.0 Å². The van der Waals surface area contributed by atoms with Crippen LogP contribution in [0, 0.1) is 0 Å². The zero-order valence-electron chi connectivity index (χ0n) is 30.4. The van der Waals surface area contributed by atoms with E-state index in [0.29, 0.717) is 17.6 Å². The minimum atomic E-state index is 0.587. The van der Waals surface area contributed by atoms with Crippen molar-refractivity contribution in [2.75, 3.05) is 0 Å². The van der Waals surface area contributed by atoms with E-state index in [1.807, 2.05) is 29.5 Å². The van der Waals surface area contributed by atoms with E-state index in [9.17, 15) is 0 Å². The molecular formula is C51H29N5S. The maximum Gasteiger partial charge on any atom is 0.238 e. The van der Waals surface area contributed by atoms with Gasteiger partial charge in [-0.1, -0.05) is 127 Å². The van der Waals surface area contributed by atoms with Crippen molar-refractivity contribution >= 4 is 80.6 Å². The Morgan fingerprint density at radius 2 is 1.02 bits per heavy atom. The molecule has 13 rings (SSSR count). The molecular weight excluding hydrogens is 715 g/mol. The van der Waals surface area contributed by atoms with Crippen molar-refractivity contribution in [2.24, 2.45) is 0 Å². The summed E-state index contributed by atoms with van der Waals surface area (Å²) in [5.74, 6) is 1.84. The van der Waals surface area contributed by atoms with Gasteiger partial charge in [0.1, 0.15) is 0 Å². The van der Waals surface area contributed by atoms with Gasteiger partial charge in [-0.15, -0.1) is 11.3 Å². The molecule has 13 aromatic rings. The maximum absolute atomic E-state index is 5.45. The SMILES string of the molecule is c1ccc(-c2ccc(-c3nc(-c4ccccc4)nc(-n4c5ccc6sc7ccc8c9ccccc9n9c%10cccc4c%10c5c6c7c89)n3)c(-c3ccccc3)c2)cc1. The molecule has 0 aliphatic rings. The van der Waals surface area contributed by atoms with Crippen molar-refractivity contribution in [3.63, 3.8) is 0 Å². The third-order valence-corrected chi connectivity index (χ3v) is 12.8. The minimum absolute atomic E-state index is 0.587. The smallest absolute Gasteiger partial charge is 0.238 e. The summed E-state index contributed by atoms with van der Waals surface area (Å²) >= 11 is 1.87. The van der Waals surface area contributed by atoms with E-state index in [0.717, 1.165) is 44.4 Å². The highest BCUT2D eigenvalue weighted by Crippen LogP contribution is 2.50. The summed E-state index contributed by atoms with van der Waals surface area (Å²) in [6, 6.07) is 62.6. The minimum Gasteiger partial charge on any atom is -0.308 e. The molecule has 0 saturated carbocycles. The Morgan fingerprint density at radius 3 is 1.84 bits per heavy atom. The number of nitrogens with zero attached hydrogens (tertiary/aromatic N) is 5. The highest BCUT2D eigenvalue weighted by Gasteiger charge is 2.27. The first-order valence-electron chi connectivity index (χ1n) is 19.2. The van der Waals surface area contributed by atoms with Gasteiger partial charge in [0.2, 0.25) is 5.95 Å². The molecule has 57 heavy (non-hydrogen) atoms. The van der Waals surface area contributed by atoms with Gasteiger partial charge >= 0.3 is 0 Å². The first-order valence-corrected chi connectivity index (χ1v) is 20.0. The van der Waals surface area contributed by atoms with E-state index < -0.39 is 0 Å². The summed E-state index contributed by atoms with van der Waals surface area (Å²) in [6.45, 7) is 0. The number of fused-ring (bicyclic) bond motifs is 4. The molecule has 0 aliphatic heterocycles. The lowest BCUT2D eigenvalue weighted by Gasteiger charge is -2.15. The zero-order valence-corrected chi connectivity index (χ0v) is 31.2. The fraction of sp³-hybridized carbons (Fsp3) is 0. The van der Waals surface area contributed by atoms with Crippen LogP contribution in [0.4, 0.5) is 0 Å². The van der Waals surface area contributed by atoms with Crippen molar-refractivity contribution in [1.82, 2.24) is 23.9 Å². The molecule has 5 nitrogen and oxygen atoms in total. The molecule has 0 radical (unpaired) electrons. The van der Waals surface area contributed by atoms with Crippen LogP contribution in [0.15, 0.2) is 176 Å². The monoisotopic (exact) mass is 743 g/mol. The fourth-order valence-corrected chi connectivity index (χ4v) is 10.4. The predicted octanol–water partition coefficient (Wildman–Crippen LogP) is 13.4. The molecule has 6 heteroatoms. The molecule has 0 atom stereocenters. The second-order valence-electron chi connectivity index (χ2n) is 14.8. The van der Waals surface area contributed by atoms with Gasteiger partial charge in [0, 0.05) is 52.8 Å². The fourth-order valence-electron chi connectivity index (χ4n) is 9.29. The molecule has 0 aliphatic carbocycles. The van der Waals surface area contributed by atoms with Gasteiger partial charge in [0.05, 0.1) is 27.6 Å². The average Bonchev–Trinajstić information content (AvgIpc) is 3.91. The van der Waals surface area contributed by atoms with E-state index in [4.69, 9.17) is 15.0 Å². The van der Waals surface area contributed by atoms with Crippen LogP contribution < -0.4 is 0 Å².